The van der Waals surface area contributed by atoms with Crippen LogP contribution in [-0.2, 0) is 19.5 Å². The SMILES string of the molecule is CNCCc1ccc(CN(C)Cc2ccccc2)cc1. The maximum Gasteiger partial charge on any atom is 0.0234 e. The van der Waals surface area contributed by atoms with Gasteiger partial charge in [0.15, 0.2) is 0 Å². The van der Waals surface area contributed by atoms with Crippen molar-refractivity contribution < 1.29 is 0 Å². The van der Waals surface area contributed by atoms with E-state index < -0.39 is 0 Å². The van der Waals surface area contributed by atoms with E-state index in [1.165, 1.54) is 16.7 Å². The Balaban J connectivity index is 1.86. The summed E-state index contributed by atoms with van der Waals surface area (Å²) in [5.74, 6) is 0. The van der Waals surface area contributed by atoms with Gasteiger partial charge in [0.2, 0.25) is 0 Å². The number of benzene rings is 2. The van der Waals surface area contributed by atoms with E-state index in [9.17, 15) is 0 Å². The maximum absolute atomic E-state index is 3.18. The lowest BCUT2D eigenvalue weighted by atomic mass is 10.1. The van der Waals surface area contributed by atoms with Gasteiger partial charge in [-0.05, 0) is 43.8 Å². The van der Waals surface area contributed by atoms with E-state index >= 15 is 0 Å². The second-order valence-electron chi connectivity index (χ2n) is 5.33. The minimum atomic E-state index is 0.987. The van der Waals surface area contributed by atoms with Gasteiger partial charge in [0.05, 0.1) is 0 Å². The van der Waals surface area contributed by atoms with E-state index in [2.05, 4.69) is 71.9 Å². The standard InChI is InChI=1S/C18H24N2/c1-19-13-12-16-8-10-18(11-9-16)15-20(2)14-17-6-4-3-5-7-17/h3-11,19H,12-15H2,1-2H3. The highest BCUT2D eigenvalue weighted by atomic mass is 15.1. The first kappa shape index (κ1) is 14.8. The molecular weight excluding hydrogens is 244 g/mol. The fourth-order valence-electron chi connectivity index (χ4n) is 2.34. The summed E-state index contributed by atoms with van der Waals surface area (Å²) in [6.07, 6.45) is 1.09. The van der Waals surface area contributed by atoms with Gasteiger partial charge in [-0.25, -0.2) is 0 Å². The fraction of sp³-hybridized carbons (Fsp3) is 0.333. The van der Waals surface area contributed by atoms with Crippen molar-refractivity contribution in [2.75, 3.05) is 20.6 Å². The van der Waals surface area contributed by atoms with E-state index in [-0.39, 0.29) is 0 Å². The molecule has 0 heterocycles. The zero-order valence-corrected chi connectivity index (χ0v) is 12.5. The van der Waals surface area contributed by atoms with Crippen molar-refractivity contribution >= 4 is 0 Å². The van der Waals surface area contributed by atoms with Crippen LogP contribution < -0.4 is 5.32 Å². The molecule has 0 aliphatic carbocycles. The molecule has 0 spiro atoms. The third-order valence-corrected chi connectivity index (χ3v) is 3.43. The molecule has 0 atom stereocenters. The normalized spacial score (nSPS) is 10.9. The van der Waals surface area contributed by atoms with Crippen molar-refractivity contribution in [3.05, 3.63) is 71.3 Å². The first-order valence-electron chi connectivity index (χ1n) is 7.23. The lowest BCUT2D eigenvalue weighted by Gasteiger charge is -2.17. The van der Waals surface area contributed by atoms with E-state index in [1.807, 2.05) is 7.05 Å². The molecule has 0 aliphatic rings. The molecule has 2 heteroatoms. The summed E-state index contributed by atoms with van der Waals surface area (Å²) >= 11 is 0. The topological polar surface area (TPSA) is 15.3 Å². The summed E-state index contributed by atoms with van der Waals surface area (Å²) in [7, 11) is 4.16. The fourth-order valence-corrected chi connectivity index (χ4v) is 2.34. The van der Waals surface area contributed by atoms with Crippen molar-refractivity contribution in [2.24, 2.45) is 0 Å². The van der Waals surface area contributed by atoms with Gasteiger partial charge in [0, 0.05) is 13.1 Å². The Hall–Kier alpha value is -1.64. The van der Waals surface area contributed by atoms with Gasteiger partial charge < -0.3 is 5.32 Å². The van der Waals surface area contributed by atoms with Gasteiger partial charge in [0.25, 0.3) is 0 Å². The molecule has 0 amide bonds. The second-order valence-corrected chi connectivity index (χ2v) is 5.33. The Kier molecular flexibility index (Phi) is 5.78. The lowest BCUT2D eigenvalue weighted by molar-refractivity contribution is 0.319. The lowest BCUT2D eigenvalue weighted by Crippen LogP contribution is -2.17. The van der Waals surface area contributed by atoms with Gasteiger partial charge in [-0.15, -0.1) is 0 Å². The maximum atomic E-state index is 3.18. The quantitative estimate of drug-likeness (QED) is 0.830. The van der Waals surface area contributed by atoms with Crippen molar-refractivity contribution in [2.45, 2.75) is 19.5 Å². The van der Waals surface area contributed by atoms with Crippen molar-refractivity contribution in [1.82, 2.24) is 10.2 Å². The monoisotopic (exact) mass is 268 g/mol. The predicted molar refractivity (Wildman–Crippen MR) is 85.7 cm³/mol. The molecule has 2 rings (SSSR count). The predicted octanol–water partition coefficient (Wildman–Crippen LogP) is 3.08. The number of nitrogens with one attached hydrogen (secondary N) is 1. The largest absolute Gasteiger partial charge is 0.319 e. The summed E-state index contributed by atoms with van der Waals surface area (Å²) in [5.41, 5.74) is 4.13. The first-order valence-corrected chi connectivity index (χ1v) is 7.23. The van der Waals surface area contributed by atoms with E-state index in [0.29, 0.717) is 0 Å². The Labute approximate surface area is 122 Å². The van der Waals surface area contributed by atoms with Gasteiger partial charge >= 0.3 is 0 Å². The number of hydrogen-bond acceptors (Lipinski definition) is 2. The van der Waals surface area contributed by atoms with Gasteiger partial charge in [-0.2, -0.15) is 0 Å². The second kappa shape index (κ2) is 7.83. The molecule has 1 N–H and O–H groups in total. The van der Waals surface area contributed by atoms with Crippen LogP contribution in [0.3, 0.4) is 0 Å². The highest BCUT2D eigenvalue weighted by Crippen LogP contribution is 2.10. The van der Waals surface area contributed by atoms with Gasteiger partial charge in [-0.1, -0.05) is 54.6 Å². The van der Waals surface area contributed by atoms with Crippen LogP contribution in [0.25, 0.3) is 0 Å². The van der Waals surface area contributed by atoms with Crippen LogP contribution in [0.2, 0.25) is 0 Å². The van der Waals surface area contributed by atoms with Crippen LogP contribution in [0.5, 0.6) is 0 Å². The summed E-state index contributed by atoms with van der Waals surface area (Å²) in [6.45, 7) is 3.01. The number of nitrogens with zero attached hydrogens (tertiary/aromatic N) is 1. The minimum absolute atomic E-state index is 0.987. The zero-order chi connectivity index (χ0) is 14.2. The molecule has 2 aromatic carbocycles. The average Bonchev–Trinajstić information content (AvgIpc) is 2.47. The molecule has 0 bridgehead atoms. The van der Waals surface area contributed by atoms with E-state index in [0.717, 1.165) is 26.1 Å². The summed E-state index contributed by atoms with van der Waals surface area (Å²) in [4.78, 5) is 2.35. The zero-order valence-electron chi connectivity index (χ0n) is 12.5. The molecule has 0 fully saturated rings. The van der Waals surface area contributed by atoms with Crippen LogP contribution in [0.15, 0.2) is 54.6 Å². The molecule has 0 saturated carbocycles. The Morgan fingerprint density at radius 2 is 1.35 bits per heavy atom. The van der Waals surface area contributed by atoms with Gasteiger partial charge in [-0.3, -0.25) is 4.90 Å². The van der Waals surface area contributed by atoms with Crippen LogP contribution in [0.4, 0.5) is 0 Å². The van der Waals surface area contributed by atoms with E-state index in [1.54, 1.807) is 0 Å². The molecule has 0 saturated heterocycles. The number of hydrogen-bond donors (Lipinski definition) is 1. The molecule has 2 aromatic rings. The molecule has 0 aromatic heterocycles. The van der Waals surface area contributed by atoms with Crippen LogP contribution in [0.1, 0.15) is 16.7 Å². The molecule has 2 nitrogen and oxygen atoms in total. The van der Waals surface area contributed by atoms with Crippen LogP contribution in [0, 0.1) is 0 Å². The summed E-state index contributed by atoms with van der Waals surface area (Å²) in [5, 5.41) is 3.18. The summed E-state index contributed by atoms with van der Waals surface area (Å²) in [6, 6.07) is 19.6. The molecule has 20 heavy (non-hydrogen) atoms. The molecular formula is C18H24N2. The first-order chi connectivity index (χ1) is 9.78. The van der Waals surface area contributed by atoms with Crippen molar-refractivity contribution in [3.8, 4) is 0 Å². The Bertz CT molecular complexity index is 491. The van der Waals surface area contributed by atoms with Crippen molar-refractivity contribution in [3.63, 3.8) is 0 Å². The highest BCUT2D eigenvalue weighted by Gasteiger charge is 2.02. The third kappa shape index (κ3) is 4.80. The van der Waals surface area contributed by atoms with Gasteiger partial charge in [0.1, 0.15) is 0 Å². The average molecular weight is 268 g/mol. The molecule has 106 valence electrons. The molecule has 0 aliphatic heterocycles. The van der Waals surface area contributed by atoms with Crippen LogP contribution in [-0.4, -0.2) is 25.5 Å². The minimum Gasteiger partial charge on any atom is -0.319 e. The number of likely N-dealkylation sites (N-methyl/N-ethyl adjacent to an activating group) is 1. The van der Waals surface area contributed by atoms with Crippen LogP contribution >= 0.6 is 0 Å². The Morgan fingerprint density at radius 3 is 1.95 bits per heavy atom. The third-order valence-electron chi connectivity index (χ3n) is 3.43. The van der Waals surface area contributed by atoms with Crippen molar-refractivity contribution in [1.29, 1.82) is 0 Å². The molecule has 0 radical (unpaired) electrons. The number of rotatable bonds is 7. The summed E-state index contributed by atoms with van der Waals surface area (Å²) < 4.78 is 0. The Morgan fingerprint density at radius 1 is 0.800 bits per heavy atom. The van der Waals surface area contributed by atoms with E-state index in [4.69, 9.17) is 0 Å². The highest BCUT2D eigenvalue weighted by molar-refractivity contribution is 5.23. The molecule has 0 unspecified atom stereocenters. The smallest absolute Gasteiger partial charge is 0.0234 e.